The number of aliphatic imine (C=N–C) groups is 1. The van der Waals surface area contributed by atoms with E-state index in [1.165, 1.54) is 28.3 Å². The molecule has 0 radical (unpaired) electrons. The first kappa shape index (κ1) is 19.0. The highest BCUT2D eigenvalue weighted by Gasteiger charge is 2.09. The summed E-state index contributed by atoms with van der Waals surface area (Å²) in [6, 6.07) is 19.3. The van der Waals surface area contributed by atoms with Crippen LogP contribution in [0, 0.1) is 13.8 Å². The Kier molecular flexibility index (Phi) is 5.50. The van der Waals surface area contributed by atoms with Crippen molar-refractivity contribution in [3.63, 3.8) is 0 Å². The number of benzene rings is 2. The molecule has 3 nitrogen and oxygen atoms in total. The SMILES string of the molecule is Cc1cc(C=Nc2ccc(C(C)C)cc2)c(C)n1-c1ccc(N(C)C)cc1. The van der Waals surface area contributed by atoms with E-state index in [1.807, 2.05) is 6.21 Å². The Hall–Kier alpha value is -2.81. The minimum atomic E-state index is 0.542. The van der Waals surface area contributed by atoms with E-state index in [1.54, 1.807) is 0 Å². The van der Waals surface area contributed by atoms with Gasteiger partial charge in [-0.2, -0.15) is 0 Å². The molecule has 0 spiro atoms. The van der Waals surface area contributed by atoms with Gasteiger partial charge in [0, 0.05) is 48.6 Å². The second-order valence-electron chi connectivity index (χ2n) is 7.58. The molecule has 0 N–H and O–H groups in total. The summed E-state index contributed by atoms with van der Waals surface area (Å²) in [6.45, 7) is 8.70. The van der Waals surface area contributed by atoms with E-state index in [4.69, 9.17) is 0 Å². The highest BCUT2D eigenvalue weighted by atomic mass is 15.1. The van der Waals surface area contributed by atoms with Crippen molar-refractivity contribution in [2.75, 3.05) is 19.0 Å². The van der Waals surface area contributed by atoms with Crippen molar-refractivity contribution in [2.45, 2.75) is 33.6 Å². The lowest BCUT2D eigenvalue weighted by Gasteiger charge is -2.14. The molecule has 0 bridgehead atoms. The molecule has 1 heterocycles. The van der Waals surface area contributed by atoms with Gasteiger partial charge in [-0.1, -0.05) is 26.0 Å². The van der Waals surface area contributed by atoms with Crippen LogP contribution in [0.5, 0.6) is 0 Å². The summed E-state index contributed by atoms with van der Waals surface area (Å²) in [6.07, 6.45) is 1.97. The lowest BCUT2D eigenvalue weighted by atomic mass is 10.0. The van der Waals surface area contributed by atoms with Crippen molar-refractivity contribution in [1.82, 2.24) is 4.57 Å². The number of anilines is 1. The van der Waals surface area contributed by atoms with Crippen LogP contribution in [-0.2, 0) is 0 Å². The molecular weight excluding hydrogens is 330 g/mol. The van der Waals surface area contributed by atoms with Gasteiger partial charge in [-0.25, -0.2) is 0 Å². The fourth-order valence-electron chi connectivity index (χ4n) is 3.30. The second kappa shape index (κ2) is 7.83. The molecule has 0 saturated carbocycles. The van der Waals surface area contributed by atoms with Crippen molar-refractivity contribution >= 4 is 17.6 Å². The Morgan fingerprint density at radius 1 is 0.926 bits per heavy atom. The van der Waals surface area contributed by atoms with Gasteiger partial charge in [-0.05, 0) is 67.8 Å². The largest absolute Gasteiger partial charge is 0.378 e. The van der Waals surface area contributed by atoms with Crippen molar-refractivity contribution in [3.05, 3.63) is 77.1 Å². The molecule has 0 saturated heterocycles. The van der Waals surface area contributed by atoms with Gasteiger partial charge in [0.2, 0.25) is 0 Å². The van der Waals surface area contributed by atoms with Gasteiger partial charge < -0.3 is 9.47 Å². The Morgan fingerprint density at radius 2 is 1.56 bits per heavy atom. The minimum absolute atomic E-state index is 0.542. The van der Waals surface area contributed by atoms with Crippen LogP contribution in [0.2, 0.25) is 0 Å². The quantitative estimate of drug-likeness (QED) is 0.509. The van der Waals surface area contributed by atoms with Crippen molar-refractivity contribution in [1.29, 1.82) is 0 Å². The van der Waals surface area contributed by atoms with Crippen molar-refractivity contribution < 1.29 is 0 Å². The summed E-state index contributed by atoms with van der Waals surface area (Å²) in [7, 11) is 4.12. The van der Waals surface area contributed by atoms with Gasteiger partial charge in [-0.3, -0.25) is 4.99 Å². The van der Waals surface area contributed by atoms with Crippen LogP contribution in [0.15, 0.2) is 59.6 Å². The van der Waals surface area contributed by atoms with Crippen LogP contribution in [0.1, 0.15) is 42.3 Å². The van der Waals surface area contributed by atoms with Crippen LogP contribution < -0.4 is 4.90 Å². The maximum atomic E-state index is 4.68. The highest BCUT2D eigenvalue weighted by molar-refractivity contribution is 5.84. The van der Waals surface area contributed by atoms with Crippen LogP contribution >= 0.6 is 0 Å². The molecule has 3 heteroatoms. The molecule has 3 aromatic rings. The Bertz CT molecular complexity index is 927. The van der Waals surface area contributed by atoms with Gasteiger partial charge in [0.05, 0.1) is 5.69 Å². The van der Waals surface area contributed by atoms with E-state index in [0.717, 1.165) is 11.3 Å². The first-order valence-corrected chi connectivity index (χ1v) is 9.47. The van der Waals surface area contributed by atoms with E-state index in [2.05, 4.69) is 111 Å². The topological polar surface area (TPSA) is 20.5 Å². The number of rotatable bonds is 5. The highest BCUT2D eigenvalue weighted by Crippen LogP contribution is 2.23. The molecule has 0 amide bonds. The molecule has 1 aromatic heterocycles. The Morgan fingerprint density at radius 3 is 2.11 bits per heavy atom. The zero-order chi connectivity index (χ0) is 19.6. The molecule has 0 unspecified atom stereocenters. The summed E-state index contributed by atoms with van der Waals surface area (Å²) < 4.78 is 2.28. The zero-order valence-corrected chi connectivity index (χ0v) is 17.2. The van der Waals surface area contributed by atoms with E-state index in [-0.39, 0.29) is 0 Å². The lowest BCUT2D eigenvalue weighted by Crippen LogP contribution is -2.08. The number of aryl methyl sites for hydroxylation is 1. The summed E-state index contributed by atoms with van der Waals surface area (Å²) in [5, 5.41) is 0. The maximum Gasteiger partial charge on any atom is 0.0630 e. The van der Waals surface area contributed by atoms with Gasteiger partial charge in [-0.15, -0.1) is 0 Å². The maximum absolute atomic E-state index is 4.68. The molecule has 0 aliphatic heterocycles. The smallest absolute Gasteiger partial charge is 0.0630 e. The van der Waals surface area contributed by atoms with Crippen LogP contribution in [0.25, 0.3) is 5.69 Å². The molecule has 140 valence electrons. The van der Waals surface area contributed by atoms with Gasteiger partial charge in [0.1, 0.15) is 0 Å². The number of nitrogens with zero attached hydrogens (tertiary/aromatic N) is 3. The van der Waals surface area contributed by atoms with Crippen LogP contribution in [0.3, 0.4) is 0 Å². The molecule has 0 aliphatic carbocycles. The van der Waals surface area contributed by atoms with Crippen molar-refractivity contribution in [2.24, 2.45) is 4.99 Å². The summed E-state index contributed by atoms with van der Waals surface area (Å²) in [5.41, 5.74) is 8.27. The predicted octanol–water partition coefficient (Wildman–Crippen LogP) is 6.03. The average Bonchev–Trinajstić information content (AvgIpc) is 2.94. The van der Waals surface area contributed by atoms with E-state index < -0.39 is 0 Å². The summed E-state index contributed by atoms with van der Waals surface area (Å²) >= 11 is 0. The third-order valence-electron chi connectivity index (χ3n) is 5.01. The standard InChI is InChI=1S/C24H29N3/c1-17(2)20-7-9-22(10-8-20)25-16-21-15-18(3)27(19(21)4)24-13-11-23(12-14-24)26(5)6/h7-17H,1-6H3. The predicted molar refractivity (Wildman–Crippen MR) is 117 cm³/mol. The average molecular weight is 360 g/mol. The molecule has 0 atom stereocenters. The van der Waals surface area contributed by atoms with Crippen LogP contribution in [-0.4, -0.2) is 24.9 Å². The van der Waals surface area contributed by atoms with Crippen LogP contribution in [0.4, 0.5) is 11.4 Å². The fourth-order valence-corrected chi connectivity index (χ4v) is 3.30. The number of hydrogen-bond donors (Lipinski definition) is 0. The lowest BCUT2D eigenvalue weighted by molar-refractivity contribution is 0.867. The zero-order valence-electron chi connectivity index (χ0n) is 17.2. The van der Waals surface area contributed by atoms with Gasteiger partial charge in [0.25, 0.3) is 0 Å². The first-order valence-electron chi connectivity index (χ1n) is 9.47. The molecule has 3 rings (SSSR count). The Labute approximate surface area is 163 Å². The van der Waals surface area contributed by atoms with Gasteiger partial charge >= 0.3 is 0 Å². The minimum Gasteiger partial charge on any atom is -0.378 e. The monoisotopic (exact) mass is 359 g/mol. The first-order chi connectivity index (χ1) is 12.9. The normalized spacial score (nSPS) is 11.5. The molecule has 0 fully saturated rings. The third-order valence-corrected chi connectivity index (χ3v) is 5.01. The molecule has 2 aromatic carbocycles. The summed E-state index contributed by atoms with van der Waals surface area (Å²) in [5.74, 6) is 0.542. The fraction of sp³-hybridized carbons (Fsp3) is 0.292. The molecule has 27 heavy (non-hydrogen) atoms. The third kappa shape index (κ3) is 4.13. The summed E-state index contributed by atoms with van der Waals surface area (Å²) in [4.78, 5) is 6.79. The van der Waals surface area contributed by atoms with E-state index in [0.29, 0.717) is 5.92 Å². The number of aromatic nitrogens is 1. The van der Waals surface area contributed by atoms with Gasteiger partial charge in [0.15, 0.2) is 0 Å². The van der Waals surface area contributed by atoms with Crippen molar-refractivity contribution in [3.8, 4) is 5.69 Å². The number of hydrogen-bond acceptors (Lipinski definition) is 2. The molecular formula is C24H29N3. The van der Waals surface area contributed by atoms with E-state index >= 15 is 0 Å². The Balaban J connectivity index is 1.87. The molecule has 0 aliphatic rings. The van der Waals surface area contributed by atoms with E-state index in [9.17, 15) is 0 Å². The second-order valence-corrected chi connectivity index (χ2v) is 7.58.